The number of rotatable bonds is 7. The van der Waals surface area contributed by atoms with Crippen LogP contribution in [0.2, 0.25) is 0 Å². The van der Waals surface area contributed by atoms with Gasteiger partial charge in [-0.05, 0) is 12.5 Å². The Bertz CT molecular complexity index is 579. The molecular formula is C18H26FN3O2. The third-order valence-electron chi connectivity index (χ3n) is 4.35. The Morgan fingerprint density at radius 3 is 2.88 bits per heavy atom. The number of benzene rings is 1. The van der Waals surface area contributed by atoms with Crippen LogP contribution in [0.25, 0.3) is 0 Å². The lowest BCUT2D eigenvalue weighted by Crippen LogP contribution is -2.56. The van der Waals surface area contributed by atoms with Gasteiger partial charge in [-0.2, -0.15) is 0 Å². The lowest BCUT2D eigenvalue weighted by Gasteiger charge is -2.33. The Kier molecular flexibility index (Phi) is 6.73. The van der Waals surface area contributed by atoms with Crippen LogP contribution in [0, 0.1) is 5.82 Å². The summed E-state index contributed by atoms with van der Waals surface area (Å²) in [6.07, 6.45) is 2.12. The van der Waals surface area contributed by atoms with Gasteiger partial charge in [0.25, 0.3) is 0 Å². The predicted octanol–water partition coefficient (Wildman–Crippen LogP) is 1.77. The minimum absolute atomic E-state index is 0.0398. The summed E-state index contributed by atoms with van der Waals surface area (Å²) in [4.78, 5) is 28.1. The summed E-state index contributed by atoms with van der Waals surface area (Å²) in [5.74, 6) is -0.487. The molecule has 0 bridgehead atoms. The average Bonchev–Trinajstić information content (AvgIpc) is 2.58. The summed E-state index contributed by atoms with van der Waals surface area (Å²) in [6, 6.07) is 5.94. The number of carbonyl (C=O) groups excluding carboxylic acids is 2. The first-order valence-electron chi connectivity index (χ1n) is 8.52. The topological polar surface area (TPSA) is 52.7 Å². The van der Waals surface area contributed by atoms with Crippen molar-refractivity contribution in [3.05, 3.63) is 35.6 Å². The Morgan fingerprint density at radius 2 is 2.17 bits per heavy atom. The van der Waals surface area contributed by atoms with E-state index in [1.165, 1.54) is 6.07 Å². The largest absolute Gasteiger partial charge is 0.346 e. The predicted molar refractivity (Wildman–Crippen MR) is 90.8 cm³/mol. The molecule has 1 aliphatic rings. The highest BCUT2D eigenvalue weighted by molar-refractivity contribution is 5.88. The SMILES string of the molecule is CCCCN(C)C(=O)CC1NCCN(Cc2ccccc2F)C1=O. The normalized spacial score (nSPS) is 17.9. The number of hydrogen-bond acceptors (Lipinski definition) is 3. The Hall–Kier alpha value is -1.95. The van der Waals surface area contributed by atoms with Crippen LogP contribution in [0.3, 0.4) is 0 Å². The maximum atomic E-state index is 13.8. The van der Waals surface area contributed by atoms with Gasteiger partial charge >= 0.3 is 0 Å². The van der Waals surface area contributed by atoms with E-state index in [-0.39, 0.29) is 30.6 Å². The molecule has 0 radical (unpaired) electrons. The lowest BCUT2D eigenvalue weighted by molar-refractivity contribution is -0.141. The molecule has 1 aromatic rings. The molecule has 2 rings (SSSR count). The summed E-state index contributed by atoms with van der Waals surface area (Å²) in [7, 11) is 1.77. The van der Waals surface area contributed by atoms with Gasteiger partial charge in [0.2, 0.25) is 11.8 Å². The third kappa shape index (κ3) is 4.77. The Balaban J connectivity index is 1.94. The molecule has 1 fully saturated rings. The van der Waals surface area contributed by atoms with Crippen molar-refractivity contribution in [3.8, 4) is 0 Å². The summed E-state index contributed by atoms with van der Waals surface area (Å²) in [6.45, 7) is 4.14. The number of carbonyl (C=O) groups is 2. The zero-order valence-corrected chi connectivity index (χ0v) is 14.4. The van der Waals surface area contributed by atoms with E-state index < -0.39 is 6.04 Å². The minimum Gasteiger partial charge on any atom is -0.346 e. The highest BCUT2D eigenvalue weighted by Crippen LogP contribution is 2.14. The van der Waals surface area contributed by atoms with Crippen molar-refractivity contribution in [2.45, 2.75) is 38.8 Å². The van der Waals surface area contributed by atoms with Crippen molar-refractivity contribution >= 4 is 11.8 Å². The number of nitrogens with one attached hydrogen (secondary N) is 1. The molecule has 1 heterocycles. The Morgan fingerprint density at radius 1 is 1.42 bits per heavy atom. The second-order valence-corrected chi connectivity index (χ2v) is 6.23. The molecule has 5 nitrogen and oxygen atoms in total. The maximum Gasteiger partial charge on any atom is 0.240 e. The number of piperazine rings is 1. The summed E-state index contributed by atoms with van der Waals surface area (Å²) >= 11 is 0. The first kappa shape index (κ1) is 18.4. The molecule has 0 aliphatic carbocycles. The molecule has 0 aromatic heterocycles. The second kappa shape index (κ2) is 8.78. The molecule has 1 N–H and O–H groups in total. The van der Waals surface area contributed by atoms with E-state index in [1.807, 2.05) is 0 Å². The smallest absolute Gasteiger partial charge is 0.240 e. The summed E-state index contributed by atoms with van der Waals surface area (Å²) in [5, 5.41) is 3.11. The monoisotopic (exact) mass is 335 g/mol. The van der Waals surface area contributed by atoms with Gasteiger partial charge in [-0.15, -0.1) is 0 Å². The molecule has 0 spiro atoms. The number of halogens is 1. The minimum atomic E-state index is -0.526. The van der Waals surface area contributed by atoms with E-state index in [1.54, 1.807) is 35.0 Å². The van der Waals surface area contributed by atoms with Crippen molar-refractivity contribution in [1.82, 2.24) is 15.1 Å². The highest BCUT2D eigenvalue weighted by atomic mass is 19.1. The zero-order valence-electron chi connectivity index (χ0n) is 14.4. The van der Waals surface area contributed by atoms with Gasteiger partial charge in [0, 0.05) is 38.8 Å². The van der Waals surface area contributed by atoms with E-state index >= 15 is 0 Å². The van der Waals surface area contributed by atoms with Gasteiger partial charge in [-0.25, -0.2) is 4.39 Å². The quantitative estimate of drug-likeness (QED) is 0.826. The van der Waals surface area contributed by atoms with Crippen LogP contribution in [0.15, 0.2) is 24.3 Å². The molecule has 1 aliphatic heterocycles. The van der Waals surface area contributed by atoms with Crippen molar-refractivity contribution in [2.75, 3.05) is 26.7 Å². The number of hydrogen-bond donors (Lipinski definition) is 1. The van der Waals surface area contributed by atoms with E-state index in [0.717, 1.165) is 12.8 Å². The standard InChI is InChI=1S/C18H26FN3O2/c1-3-4-10-21(2)17(23)12-16-18(24)22(11-9-20-16)13-14-7-5-6-8-15(14)19/h5-8,16,20H,3-4,9-13H2,1-2H3. The average molecular weight is 335 g/mol. The fourth-order valence-corrected chi connectivity index (χ4v) is 2.79. The molecule has 1 atom stereocenters. The molecule has 2 amide bonds. The highest BCUT2D eigenvalue weighted by Gasteiger charge is 2.31. The summed E-state index contributed by atoms with van der Waals surface area (Å²) in [5.41, 5.74) is 0.498. The van der Waals surface area contributed by atoms with Gasteiger partial charge in [0.15, 0.2) is 0 Å². The second-order valence-electron chi connectivity index (χ2n) is 6.23. The van der Waals surface area contributed by atoms with E-state index in [4.69, 9.17) is 0 Å². The number of unbranched alkanes of at least 4 members (excludes halogenated alkanes) is 1. The molecule has 1 unspecified atom stereocenters. The fourth-order valence-electron chi connectivity index (χ4n) is 2.79. The van der Waals surface area contributed by atoms with Crippen LogP contribution in [-0.2, 0) is 16.1 Å². The van der Waals surface area contributed by atoms with E-state index in [2.05, 4.69) is 12.2 Å². The molecule has 1 aromatic carbocycles. The lowest BCUT2D eigenvalue weighted by atomic mass is 10.1. The molecule has 6 heteroatoms. The van der Waals surface area contributed by atoms with E-state index in [0.29, 0.717) is 25.2 Å². The Labute approximate surface area is 142 Å². The van der Waals surface area contributed by atoms with Gasteiger partial charge in [0.05, 0.1) is 12.5 Å². The molecule has 1 saturated heterocycles. The van der Waals surface area contributed by atoms with Crippen LogP contribution in [0.5, 0.6) is 0 Å². The van der Waals surface area contributed by atoms with Crippen LogP contribution in [0.1, 0.15) is 31.7 Å². The summed E-state index contributed by atoms with van der Waals surface area (Å²) < 4.78 is 13.8. The molecule has 132 valence electrons. The van der Waals surface area contributed by atoms with Crippen LogP contribution in [0.4, 0.5) is 4.39 Å². The van der Waals surface area contributed by atoms with Gasteiger partial charge in [-0.1, -0.05) is 31.5 Å². The van der Waals surface area contributed by atoms with Crippen LogP contribution < -0.4 is 5.32 Å². The van der Waals surface area contributed by atoms with Crippen molar-refractivity contribution in [2.24, 2.45) is 0 Å². The molecular weight excluding hydrogens is 309 g/mol. The maximum absolute atomic E-state index is 13.8. The van der Waals surface area contributed by atoms with Crippen molar-refractivity contribution in [3.63, 3.8) is 0 Å². The van der Waals surface area contributed by atoms with Gasteiger partial charge < -0.3 is 15.1 Å². The first-order chi connectivity index (χ1) is 11.5. The van der Waals surface area contributed by atoms with Gasteiger partial charge in [0.1, 0.15) is 5.82 Å². The first-order valence-corrected chi connectivity index (χ1v) is 8.52. The molecule has 24 heavy (non-hydrogen) atoms. The fraction of sp³-hybridized carbons (Fsp3) is 0.556. The van der Waals surface area contributed by atoms with Crippen molar-refractivity contribution < 1.29 is 14.0 Å². The molecule has 0 saturated carbocycles. The van der Waals surface area contributed by atoms with Gasteiger partial charge in [-0.3, -0.25) is 9.59 Å². The zero-order chi connectivity index (χ0) is 17.5. The van der Waals surface area contributed by atoms with Crippen LogP contribution >= 0.6 is 0 Å². The van der Waals surface area contributed by atoms with Crippen LogP contribution in [-0.4, -0.2) is 54.3 Å². The number of amides is 2. The third-order valence-corrected chi connectivity index (χ3v) is 4.35. The van der Waals surface area contributed by atoms with E-state index in [9.17, 15) is 14.0 Å². The van der Waals surface area contributed by atoms with Crippen molar-refractivity contribution in [1.29, 1.82) is 0 Å². The number of nitrogens with zero attached hydrogens (tertiary/aromatic N) is 2.